The zero-order valence-electron chi connectivity index (χ0n) is 16.9. The number of nitrogens with one attached hydrogen (secondary N) is 1. The van der Waals surface area contributed by atoms with Crippen molar-refractivity contribution in [2.45, 2.75) is 18.9 Å². The second-order valence-electron chi connectivity index (χ2n) is 7.10. The van der Waals surface area contributed by atoms with Gasteiger partial charge in [-0.1, -0.05) is 41.9 Å². The summed E-state index contributed by atoms with van der Waals surface area (Å²) in [6, 6.07) is 12.1. The molecule has 3 rings (SSSR count). The van der Waals surface area contributed by atoms with E-state index in [1.165, 1.54) is 19.2 Å². The molecule has 0 spiro atoms. The molecule has 0 fully saturated rings. The van der Waals surface area contributed by atoms with E-state index in [2.05, 4.69) is 20.5 Å². The van der Waals surface area contributed by atoms with Crippen LogP contribution in [-0.4, -0.2) is 48.1 Å². The third-order valence-corrected chi connectivity index (χ3v) is 5.90. The maximum Gasteiger partial charge on any atom is 0.405 e. The van der Waals surface area contributed by atoms with E-state index < -0.39 is 21.7 Å². The van der Waals surface area contributed by atoms with Crippen LogP contribution < -0.4 is 9.62 Å². The fourth-order valence-corrected chi connectivity index (χ4v) is 3.55. The second-order valence-corrected chi connectivity index (χ2v) is 9.51. The molecule has 0 radical (unpaired) electrons. The molecule has 0 bridgehead atoms. The van der Waals surface area contributed by atoms with E-state index in [1.54, 1.807) is 6.92 Å². The van der Waals surface area contributed by atoms with Gasteiger partial charge in [0, 0.05) is 19.0 Å². The Morgan fingerprint density at radius 2 is 1.94 bits per heavy atom. The lowest BCUT2D eigenvalue weighted by atomic mass is 9.93. The fourth-order valence-electron chi connectivity index (χ4n) is 2.91. The first-order valence-corrected chi connectivity index (χ1v) is 11.2. The lowest BCUT2D eigenvalue weighted by molar-refractivity contribution is 0.172. The summed E-state index contributed by atoms with van der Waals surface area (Å²) in [6.45, 7) is 1.63. The third kappa shape index (κ3) is 5.30. The Morgan fingerprint density at radius 3 is 2.55 bits per heavy atom. The fraction of sp³-hybridized carbons (Fsp3) is 0.263. The standard InChI is InChI=1S/C19H20ClN5O5S/c1-19(22-18(26)27,11-12-7-5-4-6-8-12)17-24-23-16(30-17)13-9-14(20)21-15(10-13)25(2)31(3,28)29/h4-10,22H,11H2,1-3H3,(H,26,27). The molecular weight excluding hydrogens is 446 g/mol. The molecule has 164 valence electrons. The number of pyridine rings is 1. The van der Waals surface area contributed by atoms with Crippen LogP contribution in [0.25, 0.3) is 11.5 Å². The zero-order valence-corrected chi connectivity index (χ0v) is 18.5. The molecule has 10 nitrogen and oxygen atoms in total. The van der Waals surface area contributed by atoms with Gasteiger partial charge >= 0.3 is 6.09 Å². The van der Waals surface area contributed by atoms with Crippen molar-refractivity contribution in [2.24, 2.45) is 0 Å². The number of hydrogen-bond acceptors (Lipinski definition) is 7. The van der Waals surface area contributed by atoms with Gasteiger partial charge in [0.2, 0.25) is 21.8 Å². The summed E-state index contributed by atoms with van der Waals surface area (Å²) in [5, 5.41) is 19.8. The van der Waals surface area contributed by atoms with Gasteiger partial charge in [0.1, 0.15) is 16.5 Å². The van der Waals surface area contributed by atoms with Gasteiger partial charge in [0.15, 0.2) is 0 Å². The summed E-state index contributed by atoms with van der Waals surface area (Å²) in [5.41, 5.74) is -0.00841. The molecule has 0 saturated carbocycles. The highest BCUT2D eigenvalue weighted by molar-refractivity contribution is 7.92. The number of nitrogens with zero attached hydrogens (tertiary/aromatic N) is 4. The highest BCUT2D eigenvalue weighted by Crippen LogP contribution is 2.30. The molecule has 1 unspecified atom stereocenters. The molecule has 0 aliphatic rings. The van der Waals surface area contributed by atoms with E-state index in [9.17, 15) is 18.3 Å². The molecule has 1 amide bonds. The van der Waals surface area contributed by atoms with Crippen molar-refractivity contribution in [3.8, 4) is 11.5 Å². The van der Waals surface area contributed by atoms with Crippen molar-refractivity contribution in [3.05, 3.63) is 59.1 Å². The van der Waals surface area contributed by atoms with Gasteiger partial charge in [-0.25, -0.2) is 18.2 Å². The van der Waals surface area contributed by atoms with E-state index in [-0.39, 0.29) is 29.2 Å². The van der Waals surface area contributed by atoms with Crippen LogP contribution in [0.3, 0.4) is 0 Å². The molecule has 2 N–H and O–H groups in total. The molecule has 31 heavy (non-hydrogen) atoms. The maximum atomic E-state index is 11.8. The number of sulfonamides is 1. The lowest BCUT2D eigenvalue weighted by Crippen LogP contribution is -2.44. The average molecular weight is 466 g/mol. The minimum atomic E-state index is -3.57. The molecule has 0 aliphatic heterocycles. The van der Waals surface area contributed by atoms with Crippen LogP contribution in [0.5, 0.6) is 0 Å². The molecule has 3 aromatic rings. The molecule has 1 aromatic carbocycles. The first kappa shape index (κ1) is 22.5. The topological polar surface area (TPSA) is 139 Å². The van der Waals surface area contributed by atoms with Crippen molar-refractivity contribution < 1.29 is 22.7 Å². The number of benzene rings is 1. The molecule has 1 atom stereocenters. The Kier molecular flexibility index (Phi) is 6.18. The van der Waals surface area contributed by atoms with Crippen LogP contribution in [0.4, 0.5) is 10.6 Å². The SMILES string of the molecule is CN(c1cc(-c2nnc(C(C)(Cc3ccccc3)NC(=O)O)o2)cc(Cl)n1)S(C)(=O)=O. The quantitative estimate of drug-likeness (QED) is 0.508. The van der Waals surface area contributed by atoms with Gasteiger partial charge < -0.3 is 14.8 Å². The van der Waals surface area contributed by atoms with Gasteiger partial charge in [-0.05, 0) is 24.6 Å². The first-order chi connectivity index (χ1) is 14.5. The Morgan fingerprint density at radius 1 is 1.26 bits per heavy atom. The maximum absolute atomic E-state index is 11.8. The molecule has 0 aliphatic carbocycles. The summed E-state index contributed by atoms with van der Waals surface area (Å²) in [5.74, 6) is 0.147. The lowest BCUT2D eigenvalue weighted by Gasteiger charge is -2.25. The molecular formula is C19H20ClN5O5S. The molecule has 2 heterocycles. The number of halogens is 1. The predicted molar refractivity (Wildman–Crippen MR) is 114 cm³/mol. The zero-order chi connectivity index (χ0) is 22.8. The van der Waals surface area contributed by atoms with Crippen LogP contribution in [0.1, 0.15) is 18.4 Å². The van der Waals surface area contributed by atoms with E-state index >= 15 is 0 Å². The van der Waals surface area contributed by atoms with Gasteiger partial charge in [0.05, 0.1) is 6.26 Å². The average Bonchev–Trinajstić information content (AvgIpc) is 3.17. The number of carboxylic acid groups (broad SMARTS) is 1. The molecule has 12 heteroatoms. The Balaban J connectivity index is 2.00. The monoisotopic (exact) mass is 465 g/mol. The Hall–Kier alpha value is -3.18. The van der Waals surface area contributed by atoms with Crippen molar-refractivity contribution in [3.63, 3.8) is 0 Å². The van der Waals surface area contributed by atoms with E-state index in [4.69, 9.17) is 16.0 Å². The second kappa shape index (κ2) is 8.52. The number of amides is 1. The van der Waals surface area contributed by atoms with Gasteiger partial charge in [-0.3, -0.25) is 4.31 Å². The van der Waals surface area contributed by atoms with Crippen LogP contribution in [-0.2, 0) is 22.0 Å². The largest absolute Gasteiger partial charge is 0.465 e. The number of aromatic nitrogens is 3. The number of hydrogen-bond donors (Lipinski definition) is 2. The number of rotatable bonds is 7. The molecule has 2 aromatic heterocycles. The van der Waals surface area contributed by atoms with Crippen molar-refractivity contribution >= 4 is 33.5 Å². The van der Waals surface area contributed by atoms with Gasteiger partial charge in [-0.15, -0.1) is 10.2 Å². The minimum Gasteiger partial charge on any atom is -0.465 e. The van der Waals surface area contributed by atoms with Crippen LogP contribution in [0.15, 0.2) is 46.9 Å². The minimum absolute atomic E-state index is 0.0264. The summed E-state index contributed by atoms with van der Waals surface area (Å²) >= 11 is 6.05. The van der Waals surface area contributed by atoms with Crippen molar-refractivity contribution in [1.82, 2.24) is 20.5 Å². The van der Waals surface area contributed by atoms with Gasteiger partial charge in [0.25, 0.3) is 0 Å². The summed E-state index contributed by atoms with van der Waals surface area (Å²) in [4.78, 5) is 15.4. The molecule has 0 saturated heterocycles. The van der Waals surface area contributed by atoms with E-state index in [0.29, 0.717) is 5.56 Å². The highest BCUT2D eigenvalue weighted by atomic mass is 35.5. The summed E-state index contributed by atoms with van der Waals surface area (Å²) in [6.07, 6.45) is 0.0512. The third-order valence-electron chi connectivity index (χ3n) is 4.53. The Bertz CT molecular complexity index is 1200. The smallest absolute Gasteiger partial charge is 0.405 e. The normalized spacial score (nSPS) is 13.4. The first-order valence-electron chi connectivity index (χ1n) is 8.99. The van der Waals surface area contributed by atoms with E-state index in [0.717, 1.165) is 16.1 Å². The van der Waals surface area contributed by atoms with Gasteiger partial charge in [-0.2, -0.15) is 0 Å². The number of anilines is 1. The number of carbonyl (C=O) groups is 1. The van der Waals surface area contributed by atoms with E-state index in [1.807, 2.05) is 30.3 Å². The van der Waals surface area contributed by atoms with Crippen LogP contribution >= 0.6 is 11.6 Å². The highest BCUT2D eigenvalue weighted by Gasteiger charge is 2.35. The summed E-state index contributed by atoms with van der Waals surface area (Å²) < 4.78 is 30.4. The predicted octanol–water partition coefficient (Wildman–Crippen LogP) is 2.91. The van der Waals surface area contributed by atoms with Crippen LogP contribution in [0, 0.1) is 0 Å². The summed E-state index contributed by atoms with van der Waals surface area (Å²) in [7, 11) is -2.23. The van der Waals surface area contributed by atoms with Crippen LogP contribution in [0.2, 0.25) is 5.15 Å². The Labute approximate surface area is 183 Å². The van der Waals surface area contributed by atoms with Crippen molar-refractivity contribution in [1.29, 1.82) is 0 Å². The van der Waals surface area contributed by atoms with Crippen molar-refractivity contribution in [2.75, 3.05) is 17.6 Å².